The molecule has 0 aliphatic carbocycles. The van der Waals surface area contributed by atoms with E-state index in [1.54, 1.807) is 12.4 Å². The number of carbonyl (C=O) groups is 1. The lowest BCUT2D eigenvalue weighted by molar-refractivity contribution is 0.101. The highest BCUT2D eigenvalue weighted by atomic mass is 16.5. The van der Waals surface area contributed by atoms with E-state index in [1.807, 2.05) is 34.7 Å². The molecule has 5 nitrogen and oxygen atoms in total. The van der Waals surface area contributed by atoms with Gasteiger partial charge in [-0.3, -0.25) is 9.20 Å². The van der Waals surface area contributed by atoms with Crippen LogP contribution in [0, 0.1) is 0 Å². The minimum absolute atomic E-state index is 0.113. The Labute approximate surface area is 115 Å². The van der Waals surface area contributed by atoms with E-state index >= 15 is 0 Å². The fourth-order valence-corrected chi connectivity index (χ4v) is 2.09. The fraction of sp³-hybridized carbons (Fsp3) is 0.133. The Morgan fingerprint density at radius 1 is 1.25 bits per heavy atom. The van der Waals surface area contributed by atoms with Crippen molar-refractivity contribution in [2.75, 3.05) is 7.11 Å². The van der Waals surface area contributed by atoms with Crippen molar-refractivity contribution in [2.45, 2.75) is 6.92 Å². The van der Waals surface area contributed by atoms with Crippen LogP contribution in [0.3, 0.4) is 0 Å². The maximum absolute atomic E-state index is 11.6. The van der Waals surface area contributed by atoms with Gasteiger partial charge in [0, 0.05) is 18.7 Å². The van der Waals surface area contributed by atoms with Gasteiger partial charge < -0.3 is 4.74 Å². The second-order valence-electron chi connectivity index (χ2n) is 4.39. The normalized spacial score (nSPS) is 10.7. The van der Waals surface area contributed by atoms with Crippen LogP contribution in [0.4, 0.5) is 0 Å². The maximum Gasteiger partial charge on any atom is 0.240 e. The predicted octanol–water partition coefficient (Wildman–Crippen LogP) is 2.61. The SMILES string of the molecule is COc1nc(C(C)=O)cn2c(-c3ccccc3)ncc12. The highest BCUT2D eigenvalue weighted by Gasteiger charge is 2.14. The van der Waals surface area contributed by atoms with Crippen molar-refractivity contribution in [1.29, 1.82) is 0 Å². The topological polar surface area (TPSA) is 56.5 Å². The molecule has 0 radical (unpaired) electrons. The Morgan fingerprint density at radius 2 is 2.00 bits per heavy atom. The van der Waals surface area contributed by atoms with Gasteiger partial charge in [-0.05, 0) is 0 Å². The number of imidazole rings is 1. The molecule has 3 rings (SSSR count). The van der Waals surface area contributed by atoms with E-state index in [1.165, 1.54) is 14.0 Å². The number of nitrogens with zero attached hydrogens (tertiary/aromatic N) is 3. The summed E-state index contributed by atoms with van der Waals surface area (Å²) in [6.07, 6.45) is 3.38. The lowest BCUT2D eigenvalue weighted by Crippen LogP contribution is -2.03. The Morgan fingerprint density at radius 3 is 2.65 bits per heavy atom. The van der Waals surface area contributed by atoms with Crippen molar-refractivity contribution in [2.24, 2.45) is 0 Å². The summed E-state index contributed by atoms with van der Waals surface area (Å²) in [7, 11) is 1.53. The first-order valence-electron chi connectivity index (χ1n) is 6.19. The third-order valence-electron chi connectivity index (χ3n) is 3.08. The average Bonchev–Trinajstić information content (AvgIpc) is 2.91. The summed E-state index contributed by atoms with van der Waals surface area (Å²) < 4.78 is 7.07. The highest BCUT2D eigenvalue weighted by molar-refractivity contribution is 5.92. The Kier molecular flexibility index (Phi) is 2.95. The molecule has 5 heteroatoms. The van der Waals surface area contributed by atoms with Gasteiger partial charge in [0.05, 0.1) is 13.3 Å². The zero-order valence-electron chi connectivity index (χ0n) is 11.2. The van der Waals surface area contributed by atoms with Crippen LogP contribution in [0.25, 0.3) is 16.9 Å². The second kappa shape index (κ2) is 4.77. The maximum atomic E-state index is 11.6. The summed E-state index contributed by atoms with van der Waals surface area (Å²) >= 11 is 0. The molecule has 0 atom stereocenters. The largest absolute Gasteiger partial charge is 0.479 e. The van der Waals surface area contributed by atoms with Gasteiger partial charge in [-0.1, -0.05) is 30.3 Å². The number of fused-ring (bicyclic) bond motifs is 1. The van der Waals surface area contributed by atoms with Gasteiger partial charge in [0.25, 0.3) is 0 Å². The summed E-state index contributed by atoms with van der Waals surface area (Å²) in [5, 5.41) is 0. The van der Waals surface area contributed by atoms with Gasteiger partial charge in [0.2, 0.25) is 5.88 Å². The van der Waals surface area contributed by atoms with Crippen molar-refractivity contribution in [1.82, 2.24) is 14.4 Å². The van der Waals surface area contributed by atoms with Gasteiger partial charge in [-0.2, -0.15) is 0 Å². The summed E-state index contributed by atoms with van der Waals surface area (Å²) in [5.74, 6) is 1.04. The van der Waals surface area contributed by atoms with Gasteiger partial charge in [-0.25, -0.2) is 9.97 Å². The molecule has 0 N–H and O–H groups in total. The number of rotatable bonds is 3. The van der Waals surface area contributed by atoms with Crippen LogP contribution in [0.1, 0.15) is 17.4 Å². The molecule has 20 heavy (non-hydrogen) atoms. The summed E-state index contributed by atoms with van der Waals surface area (Å²) in [6, 6.07) is 9.77. The summed E-state index contributed by atoms with van der Waals surface area (Å²) in [6.45, 7) is 1.48. The van der Waals surface area contributed by atoms with E-state index in [0.717, 1.165) is 16.9 Å². The van der Waals surface area contributed by atoms with E-state index in [2.05, 4.69) is 9.97 Å². The lowest BCUT2D eigenvalue weighted by Gasteiger charge is -2.06. The number of ether oxygens (including phenoxy) is 1. The third-order valence-corrected chi connectivity index (χ3v) is 3.08. The molecule has 3 aromatic rings. The molecule has 0 unspecified atom stereocenters. The van der Waals surface area contributed by atoms with Crippen LogP contribution < -0.4 is 4.74 Å². The molecule has 0 aliphatic rings. The third kappa shape index (κ3) is 1.93. The average molecular weight is 267 g/mol. The Balaban J connectivity index is 2.30. The number of benzene rings is 1. The lowest BCUT2D eigenvalue weighted by atomic mass is 10.2. The first-order valence-corrected chi connectivity index (χ1v) is 6.19. The number of carbonyl (C=O) groups excluding carboxylic acids is 1. The molecule has 0 bridgehead atoms. The van der Waals surface area contributed by atoms with Crippen molar-refractivity contribution >= 4 is 11.3 Å². The van der Waals surface area contributed by atoms with Gasteiger partial charge in [-0.15, -0.1) is 0 Å². The minimum atomic E-state index is -0.113. The number of ketones is 1. The van der Waals surface area contributed by atoms with Crippen molar-refractivity contribution in [3.8, 4) is 17.3 Å². The molecule has 0 saturated carbocycles. The number of hydrogen-bond acceptors (Lipinski definition) is 4. The summed E-state index contributed by atoms with van der Waals surface area (Å²) in [4.78, 5) is 20.2. The zero-order valence-corrected chi connectivity index (χ0v) is 11.2. The molecule has 0 spiro atoms. The Hall–Kier alpha value is -2.69. The molecule has 100 valence electrons. The molecule has 0 aliphatic heterocycles. The van der Waals surface area contributed by atoms with Crippen molar-refractivity contribution in [3.05, 3.63) is 48.4 Å². The second-order valence-corrected chi connectivity index (χ2v) is 4.39. The van der Waals surface area contributed by atoms with E-state index in [0.29, 0.717) is 11.6 Å². The number of aromatic nitrogens is 3. The van der Waals surface area contributed by atoms with Crippen molar-refractivity contribution in [3.63, 3.8) is 0 Å². The van der Waals surface area contributed by atoms with E-state index in [4.69, 9.17) is 4.74 Å². The van der Waals surface area contributed by atoms with E-state index < -0.39 is 0 Å². The molecule has 1 aromatic carbocycles. The monoisotopic (exact) mass is 267 g/mol. The molecule has 2 aromatic heterocycles. The van der Waals surface area contributed by atoms with E-state index in [9.17, 15) is 4.79 Å². The quantitative estimate of drug-likeness (QED) is 0.684. The van der Waals surface area contributed by atoms with Crippen LogP contribution in [0.5, 0.6) is 5.88 Å². The predicted molar refractivity (Wildman–Crippen MR) is 75.0 cm³/mol. The van der Waals surface area contributed by atoms with E-state index in [-0.39, 0.29) is 5.78 Å². The fourth-order valence-electron chi connectivity index (χ4n) is 2.09. The van der Waals surface area contributed by atoms with Crippen LogP contribution in [0.2, 0.25) is 0 Å². The van der Waals surface area contributed by atoms with Gasteiger partial charge in [0.15, 0.2) is 5.78 Å². The Bertz CT molecular complexity index is 778. The smallest absolute Gasteiger partial charge is 0.240 e. The highest BCUT2D eigenvalue weighted by Crippen LogP contribution is 2.24. The first kappa shape index (κ1) is 12.3. The minimum Gasteiger partial charge on any atom is -0.479 e. The van der Waals surface area contributed by atoms with Gasteiger partial charge >= 0.3 is 0 Å². The zero-order chi connectivity index (χ0) is 14.1. The molecule has 0 amide bonds. The van der Waals surface area contributed by atoms with Crippen LogP contribution in [-0.4, -0.2) is 27.3 Å². The molecule has 0 saturated heterocycles. The number of Topliss-reactive ketones (excluding diaryl/α,β-unsaturated/α-hetero) is 1. The van der Waals surface area contributed by atoms with Crippen molar-refractivity contribution < 1.29 is 9.53 Å². The molecule has 0 fully saturated rings. The molecular formula is C15H13N3O2. The molecular weight excluding hydrogens is 254 g/mol. The van der Waals surface area contributed by atoms with Crippen LogP contribution >= 0.6 is 0 Å². The number of hydrogen-bond donors (Lipinski definition) is 0. The molecule has 2 heterocycles. The summed E-state index contributed by atoms with van der Waals surface area (Å²) in [5.41, 5.74) is 2.05. The number of methoxy groups -OCH3 is 1. The van der Waals surface area contributed by atoms with Crippen LogP contribution in [-0.2, 0) is 0 Å². The first-order chi connectivity index (χ1) is 9.70. The standard InChI is InChI=1S/C15H13N3O2/c1-10(19)12-9-18-13(15(17-12)20-2)8-16-14(18)11-6-4-3-5-7-11/h3-9H,1-2H3. The van der Waals surface area contributed by atoms with Crippen LogP contribution in [0.15, 0.2) is 42.7 Å². The van der Waals surface area contributed by atoms with Gasteiger partial charge in [0.1, 0.15) is 17.0 Å².